The lowest BCUT2D eigenvalue weighted by atomic mass is 10.2. The summed E-state index contributed by atoms with van der Waals surface area (Å²) >= 11 is 1.21. The molecule has 1 heterocycles. The number of carbonyl (C=O) groups excluding carboxylic acids is 1. The zero-order chi connectivity index (χ0) is 16.9. The Morgan fingerprint density at radius 3 is 2.79 bits per heavy atom. The van der Waals surface area contributed by atoms with Crippen molar-refractivity contribution in [3.63, 3.8) is 0 Å². The SMILES string of the molecule is Cc1c(F)cccc1NC(=O)CSc1n[nH]c(-c2ccccc2)n1. The third kappa shape index (κ3) is 3.80. The first kappa shape index (κ1) is 16.2. The van der Waals surface area contributed by atoms with Crippen molar-refractivity contribution in [3.05, 3.63) is 59.9 Å². The van der Waals surface area contributed by atoms with Crippen molar-refractivity contribution >= 4 is 23.4 Å². The number of carbonyl (C=O) groups is 1. The molecule has 0 saturated heterocycles. The highest BCUT2D eigenvalue weighted by Gasteiger charge is 2.11. The van der Waals surface area contributed by atoms with E-state index in [0.717, 1.165) is 5.56 Å². The van der Waals surface area contributed by atoms with E-state index in [4.69, 9.17) is 0 Å². The monoisotopic (exact) mass is 342 g/mol. The van der Waals surface area contributed by atoms with Crippen LogP contribution >= 0.6 is 11.8 Å². The fourth-order valence-corrected chi connectivity index (χ4v) is 2.69. The highest BCUT2D eigenvalue weighted by Crippen LogP contribution is 2.20. The normalized spacial score (nSPS) is 10.6. The molecule has 0 bridgehead atoms. The maximum Gasteiger partial charge on any atom is 0.234 e. The zero-order valence-corrected chi connectivity index (χ0v) is 13.7. The molecule has 0 aliphatic carbocycles. The van der Waals surface area contributed by atoms with E-state index in [1.807, 2.05) is 30.3 Å². The van der Waals surface area contributed by atoms with Crippen LogP contribution in [0.25, 0.3) is 11.4 Å². The van der Waals surface area contributed by atoms with E-state index >= 15 is 0 Å². The Morgan fingerprint density at radius 2 is 2.00 bits per heavy atom. The molecule has 0 atom stereocenters. The van der Waals surface area contributed by atoms with E-state index in [0.29, 0.717) is 22.2 Å². The van der Waals surface area contributed by atoms with E-state index in [1.54, 1.807) is 19.1 Å². The Kier molecular flexibility index (Phi) is 4.90. The molecule has 0 saturated carbocycles. The van der Waals surface area contributed by atoms with Crippen LogP contribution in [0, 0.1) is 12.7 Å². The zero-order valence-electron chi connectivity index (χ0n) is 12.9. The van der Waals surface area contributed by atoms with E-state index in [-0.39, 0.29) is 17.5 Å². The standard InChI is InChI=1S/C17H15FN4OS/c1-11-13(18)8-5-9-14(11)19-15(23)10-24-17-20-16(21-22-17)12-6-3-2-4-7-12/h2-9H,10H2,1H3,(H,19,23)(H,20,21,22). The average Bonchev–Trinajstić information content (AvgIpc) is 3.07. The van der Waals surface area contributed by atoms with Crippen LogP contribution in [0.5, 0.6) is 0 Å². The molecule has 0 unspecified atom stereocenters. The molecular formula is C17H15FN4OS. The van der Waals surface area contributed by atoms with E-state index in [1.165, 1.54) is 17.8 Å². The topological polar surface area (TPSA) is 70.7 Å². The van der Waals surface area contributed by atoms with Crippen LogP contribution in [-0.2, 0) is 4.79 Å². The number of benzene rings is 2. The predicted octanol–water partition coefficient (Wildman–Crippen LogP) is 3.65. The number of nitrogens with one attached hydrogen (secondary N) is 2. The summed E-state index contributed by atoms with van der Waals surface area (Å²) in [6.45, 7) is 1.62. The molecule has 2 N–H and O–H groups in total. The summed E-state index contributed by atoms with van der Waals surface area (Å²) < 4.78 is 13.5. The van der Waals surface area contributed by atoms with E-state index < -0.39 is 0 Å². The number of thioether (sulfide) groups is 1. The molecule has 1 amide bonds. The van der Waals surface area contributed by atoms with Crippen molar-refractivity contribution in [3.8, 4) is 11.4 Å². The minimum absolute atomic E-state index is 0.141. The van der Waals surface area contributed by atoms with Gasteiger partial charge in [0.25, 0.3) is 0 Å². The Hall–Kier alpha value is -2.67. The molecule has 122 valence electrons. The first-order valence-electron chi connectivity index (χ1n) is 7.29. The van der Waals surface area contributed by atoms with Gasteiger partial charge in [0.15, 0.2) is 5.82 Å². The fraction of sp³-hybridized carbons (Fsp3) is 0.118. The van der Waals surface area contributed by atoms with Gasteiger partial charge in [-0.3, -0.25) is 9.89 Å². The molecule has 24 heavy (non-hydrogen) atoms. The van der Waals surface area contributed by atoms with Crippen molar-refractivity contribution in [2.45, 2.75) is 12.1 Å². The molecule has 1 aromatic heterocycles. The van der Waals surface area contributed by atoms with Crippen LogP contribution in [0.1, 0.15) is 5.56 Å². The molecule has 0 aliphatic rings. The van der Waals surface area contributed by atoms with Gasteiger partial charge in [-0.05, 0) is 19.1 Å². The van der Waals surface area contributed by atoms with Gasteiger partial charge in [-0.2, -0.15) is 0 Å². The van der Waals surface area contributed by atoms with Gasteiger partial charge >= 0.3 is 0 Å². The van der Waals surface area contributed by atoms with Gasteiger partial charge in [-0.15, -0.1) is 5.10 Å². The second-order valence-corrected chi connectivity index (χ2v) is 6.02. The smallest absolute Gasteiger partial charge is 0.234 e. The molecule has 2 aromatic carbocycles. The van der Waals surface area contributed by atoms with Gasteiger partial charge in [0.1, 0.15) is 5.82 Å². The van der Waals surface area contributed by atoms with Crippen LogP contribution in [0.2, 0.25) is 0 Å². The van der Waals surface area contributed by atoms with Crippen molar-refractivity contribution < 1.29 is 9.18 Å². The number of aromatic nitrogens is 3. The minimum atomic E-state index is -0.345. The van der Waals surface area contributed by atoms with Crippen LogP contribution in [-0.4, -0.2) is 26.8 Å². The van der Waals surface area contributed by atoms with Gasteiger partial charge in [0.2, 0.25) is 11.1 Å². The summed E-state index contributed by atoms with van der Waals surface area (Å²) in [5, 5.41) is 10.1. The third-order valence-electron chi connectivity index (χ3n) is 3.39. The summed E-state index contributed by atoms with van der Waals surface area (Å²) in [4.78, 5) is 16.4. The van der Waals surface area contributed by atoms with Gasteiger partial charge < -0.3 is 5.32 Å². The third-order valence-corrected chi connectivity index (χ3v) is 4.23. The van der Waals surface area contributed by atoms with Crippen molar-refractivity contribution in [1.82, 2.24) is 15.2 Å². The van der Waals surface area contributed by atoms with Crippen molar-refractivity contribution in [2.24, 2.45) is 0 Å². The highest BCUT2D eigenvalue weighted by molar-refractivity contribution is 7.99. The molecule has 7 heteroatoms. The molecule has 0 aliphatic heterocycles. The molecule has 0 fully saturated rings. The van der Waals surface area contributed by atoms with Crippen LogP contribution in [0.4, 0.5) is 10.1 Å². The lowest BCUT2D eigenvalue weighted by Gasteiger charge is -2.07. The predicted molar refractivity (Wildman–Crippen MR) is 92.3 cm³/mol. The van der Waals surface area contributed by atoms with Gasteiger partial charge in [-0.25, -0.2) is 9.37 Å². The molecular weight excluding hydrogens is 327 g/mol. The van der Waals surface area contributed by atoms with Crippen LogP contribution in [0.3, 0.4) is 0 Å². The quantitative estimate of drug-likeness (QED) is 0.694. The minimum Gasteiger partial charge on any atom is -0.325 e. The molecule has 0 radical (unpaired) electrons. The van der Waals surface area contributed by atoms with E-state index in [9.17, 15) is 9.18 Å². The Morgan fingerprint density at radius 1 is 1.21 bits per heavy atom. The molecule has 3 rings (SSSR count). The highest BCUT2D eigenvalue weighted by atomic mass is 32.2. The number of amides is 1. The maximum absolute atomic E-state index is 13.5. The first-order valence-corrected chi connectivity index (χ1v) is 8.27. The number of rotatable bonds is 5. The number of hydrogen-bond acceptors (Lipinski definition) is 4. The van der Waals surface area contributed by atoms with Gasteiger partial charge in [0, 0.05) is 16.8 Å². The lowest BCUT2D eigenvalue weighted by molar-refractivity contribution is -0.113. The lowest BCUT2D eigenvalue weighted by Crippen LogP contribution is -2.15. The van der Waals surface area contributed by atoms with Crippen LogP contribution < -0.4 is 5.32 Å². The number of anilines is 1. The largest absolute Gasteiger partial charge is 0.325 e. The number of halogens is 1. The molecule has 0 spiro atoms. The summed E-state index contributed by atoms with van der Waals surface area (Å²) in [6, 6.07) is 14.2. The second kappa shape index (κ2) is 7.27. The summed E-state index contributed by atoms with van der Waals surface area (Å²) in [6.07, 6.45) is 0. The maximum atomic E-state index is 13.5. The Balaban J connectivity index is 1.59. The van der Waals surface area contributed by atoms with Crippen LogP contribution in [0.15, 0.2) is 53.7 Å². The first-order chi connectivity index (χ1) is 11.6. The summed E-state index contributed by atoms with van der Waals surface area (Å²) in [7, 11) is 0. The fourth-order valence-electron chi connectivity index (χ4n) is 2.10. The van der Waals surface area contributed by atoms with Gasteiger partial charge in [-0.1, -0.05) is 48.2 Å². The summed E-state index contributed by atoms with van der Waals surface area (Å²) in [5.41, 5.74) is 1.82. The number of nitrogens with zero attached hydrogens (tertiary/aromatic N) is 2. The number of hydrogen-bond donors (Lipinski definition) is 2. The van der Waals surface area contributed by atoms with Crippen molar-refractivity contribution in [2.75, 3.05) is 11.1 Å². The van der Waals surface area contributed by atoms with E-state index in [2.05, 4.69) is 20.5 Å². The molecule has 5 nitrogen and oxygen atoms in total. The summed E-state index contributed by atoms with van der Waals surface area (Å²) in [5.74, 6) is 0.211. The number of aromatic amines is 1. The molecule has 3 aromatic rings. The van der Waals surface area contributed by atoms with Crippen molar-refractivity contribution in [1.29, 1.82) is 0 Å². The van der Waals surface area contributed by atoms with Gasteiger partial charge in [0.05, 0.1) is 5.75 Å². The number of H-pyrrole nitrogens is 1. The Bertz CT molecular complexity index is 851. The average molecular weight is 342 g/mol. The Labute approximate surface area is 142 Å². The second-order valence-electron chi connectivity index (χ2n) is 5.08.